The van der Waals surface area contributed by atoms with E-state index in [-0.39, 0.29) is 10.8 Å². The summed E-state index contributed by atoms with van der Waals surface area (Å²) in [6, 6.07) is 20.4. The topological polar surface area (TPSA) is 66.5 Å². The number of carbonyl (C=O) groups is 1. The molecule has 1 heterocycles. The summed E-state index contributed by atoms with van der Waals surface area (Å²) in [7, 11) is -3.63. The molecule has 3 aromatic carbocycles. The molecular weight excluding hydrogens is 408 g/mol. The number of benzene rings is 3. The molecule has 3 aromatic rings. The fraction of sp³-hybridized carbons (Fsp3) is 0.136. The second kappa shape index (κ2) is 7.89. The molecular formula is C22H19ClN2O3S. The fourth-order valence-corrected chi connectivity index (χ4v) is 5.20. The summed E-state index contributed by atoms with van der Waals surface area (Å²) < 4.78 is 27.6. The van der Waals surface area contributed by atoms with E-state index in [9.17, 15) is 13.2 Å². The van der Waals surface area contributed by atoms with E-state index in [0.29, 0.717) is 34.9 Å². The Morgan fingerprint density at radius 1 is 0.966 bits per heavy atom. The Labute approximate surface area is 175 Å². The molecule has 1 amide bonds. The molecule has 1 N–H and O–H groups in total. The van der Waals surface area contributed by atoms with Crippen molar-refractivity contribution in [2.24, 2.45) is 0 Å². The van der Waals surface area contributed by atoms with Crippen molar-refractivity contribution in [3.05, 3.63) is 88.9 Å². The standard InChI is InChI=1S/C22H19ClN2O3S/c23-18-8-4-6-17(14-18)22(26)24-19-11-12-21-16(15-19)7-5-13-25(21)29(27,28)20-9-2-1-3-10-20/h1-4,6,8-12,14-15H,5,7,13H2,(H,24,26). The number of hydrogen-bond acceptors (Lipinski definition) is 3. The smallest absolute Gasteiger partial charge is 0.264 e. The van der Waals surface area contributed by atoms with Gasteiger partial charge in [0.25, 0.3) is 15.9 Å². The minimum atomic E-state index is -3.63. The number of nitrogens with one attached hydrogen (secondary N) is 1. The number of hydrogen-bond donors (Lipinski definition) is 1. The second-order valence-electron chi connectivity index (χ2n) is 6.80. The van der Waals surface area contributed by atoms with Crippen molar-refractivity contribution < 1.29 is 13.2 Å². The van der Waals surface area contributed by atoms with Gasteiger partial charge in [-0.15, -0.1) is 0 Å². The fourth-order valence-electron chi connectivity index (χ4n) is 3.44. The molecule has 1 aliphatic rings. The predicted octanol–water partition coefficient (Wildman–Crippen LogP) is 4.73. The van der Waals surface area contributed by atoms with Crippen LogP contribution in [-0.2, 0) is 16.4 Å². The average Bonchev–Trinajstić information content (AvgIpc) is 2.73. The lowest BCUT2D eigenvalue weighted by molar-refractivity contribution is 0.102. The quantitative estimate of drug-likeness (QED) is 0.655. The average molecular weight is 427 g/mol. The maximum atomic E-state index is 13.1. The third-order valence-corrected chi connectivity index (χ3v) is 6.89. The van der Waals surface area contributed by atoms with Crippen LogP contribution in [0.3, 0.4) is 0 Å². The molecule has 0 atom stereocenters. The first-order valence-corrected chi connectivity index (χ1v) is 11.0. The van der Waals surface area contributed by atoms with Crippen molar-refractivity contribution in [2.75, 3.05) is 16.2 Å². The maximum Gasteiger partial charge on any atom is 0.264 e. The highest BCUT2D eigenvalue weighted by Gasteiger charge is 2.29. The molecule has 148 valence electrons. The molecule has 0 radical (unpaired) electrons. The summed E-state index contributed by atoms with van der Waals surface area (Å²) in [5, 5.41) is 3.35. The van der Waals surface area contributed by atoms with Crippen LogP contribution in [-0.4, -0.2) is 20.9 Å². The lowest BCUT2D eigenvalue weighted by atomic mass is 10.0. The van der Waals surface area contributed by atoms with E-state index in [1.165, 1.54) is 4.31 Å². The van der Waals surface area contributed by atoms with Gasteiger partial charge in [-0.1, -0.05) is 35.9 Å². The third kappa shape index (κ3) is 3.99. The number of rotatable bonds is 4. The normalized spacial score (nSPS) is 13.6. The highest BCUT2D eigenvalue weighted by atomic mass is 35.5. The van der Waals surface area contributed by atoms with E-state index in [1.54, 1.807) is 66.7 Å². The van der Waals surface area contributed by atoms with Crippen LogP contribution in [0.15, 0.2) is 77.7 Å². The third-order valence-electron chi connectivity index (χ3n) is 4.83. The first-order chi connectivity index (χ1) is 13.9. The van der Waals surface area contributed by atoms with Crippen molar-refractivity contribution in [1.82, 2.24) is 0 Å². The molecule has 0 bridgehead atoms. The van der Waals surface area contributed by atoms with Gasteiger partial charge in [-0.2, -0.15) is 0 Å². The summed E-state index contributed by atoms with van der Waals surface area (Å²) in [4.78, 5) is 12.7. The predicted molar refractivity (Wildman–Crippen MR) is 115 cm³/mol. The van der Waals surface area contributed by atoms with Gasteiger partial charge in [0, 0.05) is 22.8 Å². The molecule has 0 unspecified atom stereocenters. The number of amides is 1. The van der Waals surface area contributed by atoms with Gasteiger partial charge in [0.15, 0.2) is 0 Å². The molecule has 1 aliphatic heterocycles. The van der Waals surface area contributed by atoms with Gasteiger partial charge < -0.3 is 5.32 Å². The molecule has 4 rings (SSSR count). The number of anilines is 2. The number of carbonyl (C=O) groups excluding carboxylic acids is 1. The number of halogens is 1. The van der Waals surface area contributed by atoms with Crippen molar-refractivity contribution in [2.45, 2.75) is 17.7 Å². The lowest BCUT2D eigenvalue weighted by Gasteiger charge is -2.30. The van der Waals surface area contributed by atoms with Gasteiger partial charge in [0.1, 0.15) is 0 Å². The first-order valence-electron chi connectivity index (χ1n) is 9.23. The minimum Gasteiger partial charge on any atom is -0.322 e. The molecule has 0 aromatic heterocycles. The summed E-state index contributed by atoms with van der Waals surface area (Å²) in [6.07, 6.45) is 1.46. The minimum absolute atomic E-state index is 0.267. The number of fused-ring (bicyclic) bond motifs is 1. The van der Waals surface area contributed by atoms with E-state index < -0.39 is 10.0 Å². The van der Waals surface area contributed by atoms with Crippen LogP contribution in [0.2, 0.25) is 5.02 Å². The van der Waals surface area contributed by atoms with Crippen LogP contribution in [0.5, 0.6) is 0 Å². The van der Waals surface area contributed by atoms with Gasteiger partial charge >= 0.3 is 0 Å². The van der Waals surface area contributed by atoms with Gasteiger partial charge in [-0.25, -0.2) is 8.42 Å². The van der Waals surface area contributed by atoms with Crippen molar-refractivity contribution >= 4 is 38.9 Å². The van der Waals surface area contributed by atoms with E-state index >= 15 is 0 Å². The zero-order chi connectivity index (χ0) is 20.4. The molecule has 0 fully saturated rings. The summed E-state index contributed by atoms with van der Waals surface area (Å²) in [5.41, 5.74) is 2.62. The Bertz CT molecular complexity index is 1160. The summed E-state index contributed by atoms with van der Waals surface area (Å²) in [5.74, 6) is -0.267. The van der Waals surface area contributed by atoms with E-state index in [4.69, 9.17) is 11.6 Å². The number of aryl methyl sites for hydroxylation is 1. The largest absolute Gasteiger partial charge is 0.322 e. The van der Waals surface area contributed by atoms with Crippen molar-refractivity contribution in [1.29, 1.82) is 0 Å². The second-order valence-corrected chi connectivity index (χ2v) is 9.10. The van der Waals surface area contributed by atoms with Crippen LogP contribution in [0, 0.1) is 0 Å². The molecule has 5 nitrogen and oxygen atoms in total. The van der Waals surface area contributed by atoms with Gasteiger partial charge in [-0.3, -0.25) is 9.10 Å². The number of nitrogens with zero attached hydrogens (tertiary/aromatic N) is 1. The highest BCUT2D eigenvalue weighted by molar-refractivity contribution is 7.92. The summed E-state index contributed by atoms with van der Waals surface area (Å²) >= 11 is 5.95. The van der Waals surface area contributed by atoms with E-state index in [0.717, 1.165) is 12.0 Å². The van der Waals surface area contributed by atoms with Crippen LogP contribution in [0.25, 0.3) is 0 Å². The van der Waals surface area contributed by atoms with Gasteiger partial charge in [-0.05, 0) is 66.9 Å². The Kier molecular flexibility index (Phi) is 5.30. The number of sulfonamides is 1. The zero-order valence-corrected chi connectivity index (χ0v) is 17.1. The molecule has 0 spiro atoms. The van der Waals surface area contributed by atoms with Crippen molar-refractivity contribution in [3.8, 4) is 0 Å². The zero-order valence-electron chi connectivity index (χ0n) is 15.5. The highest BCUT2D eigenvalue weighted by Crippen LogP contribution is 2.33. The monoisotopic (exact) mass is 426 g/mol. The Morgan fingerprint density at radius 3 is 2.52 bits per heavy atom. The Hall–Kier alpha value is -2.83. The first kappa shape index (κ1) is 19.5. The lowest BCUT2D eigenvalue weighted by Crippen LogP contribution is -2.35. The van der Waals surface area contributed by atoms with Gasteiger partial charge in [0.2, 0.25) is 0 Å². The molecule has 7 heteroatoms. The van der Waals surface area contributed by atoms with Crippen LogP contribution < -0.4 is 9.62 Å². The molecule has 0 saturated carbocycles. The Balaban J connectivity index is 1.61. The van der Waals surface area contributed by atoms with Crippen LogP contribution in [0.4, 0.5) is 11.4 Å². The van der Waals surface area contributed by atoms with E-state index in [1.807, 2.05) is 6.07 Å². The van der Waals surface area contributed by atoms with Gasteiger partial charge in [0.05, 0.1) is 10.6 Å². The SMILES string of the molecule is O=C(Nc1ccc2c(c1)CCCN2S(=O)(=O)c1ccccc1)c1cccc(Cl)c1. The van der Waals surface area contributed by atoms with Crippen LogP contribution in [0.1, 0.15) is 22.3 Å². The summed E-state index contributed by atoms with van der Waals surface area (Å²) in [6.45, 7) is 0.429. The van der Waals surface area contributed by atoms with Crippen LogP contribution >= 0.6 is 11.6 Å². The molecule has 29 heavy (non-hydrogen) atoms. The maximum absolute atomic E-state index is 13.1. The van der Waals surface area contributed by atoms with Crippen molar-refractivity contribution in [3.63, 3.8) is 0 Å². The molecule has 0 saturated heterocycles. The van der Waals surface area contributed by atoms with E-state index in [2.05, 4.69) is 5.32 Å². The Morgan fingerprint density at radius 2 is 1.76 bits per heavy atom. The molecule has 0 aliphatic carbocycles.